The van der Waals surface area contributed by atoms with E-state index in [1.165, 1.54) is 27.6 Å². The molecule has 1 N–H and O–H groups in total. The first-order valence-corrected chi connectivity index (χ1v) is 7.47. The lowest BCUT2D eigenvalue weighted by molar-refractivity contribution is 0.788. The molecule has 0 spiro atoms. The van der Waals surface area contributed by atoms with Crippen LogP contribution in [0.4, 0.5) is 0 Å². The second kappa shape index (κ2) is 5.53. The third-order valence-corrected chi connectivity index (χ3v) is 4.04. The molecule has 2 aromatic carbocycles. The van der Waals surface area contributed by atoms with Crippen molar-refractivity contribution in [1.29, 1.82) is 0 Å². The number of nitrogens with zero attached hydrogens (tertiary/aromatic N) is 2. The van der Waals surface area contributed by atoms with E-state index in [1.54, 1.807) is 0 Å². The number of H-pyrrole nitrogens is 1. The molecule has 0 radical (unpaired) electrons. The Bertz CT molecular complexity index is 888. The van der Waals surface area contributed by atoms with Crippen molar-refractivity contribution in [3.63, 3.8) is 0 Å². The Labute approximate surface area is 129 Å². The highest BCUT2D eigenvalue weighted by Gasteiger charge is 2.05. The number of rotatable bonds is 4. The molecule has 4 rings (SSSR count). The van der Waals surface area contributed by atoms with E-state index in [2.05, 4.69) is 63.1 Å². The zero-order valence-electron chi connectivity index (χ0n) is 12.2. The summed E-state index contributed by atoms with van der Waals surface area (Å²) in [6.45, 7) is 0.864. The fourth-order valence-electron chi connectivity index (χ4n) is 2.89. The molecule has 3 heteroatoms. The lowest BCUT2D eigenvalue weighted by Gasteiger charge is -2.10. The molecule has 108 valence electrons. The van der Waals surface area contributed by atoms with Crippen LogP contribution in [0.15, 0.2) is 73.4 Å². The molecular weight excluding hydrogens is 270 g/mol. The van der Waals surface area contributed by atoms with Crippen LogP contribution in [0.2, 0.25) is 0 Å². The SMILES string of the molecule is c1ccc(Cn2ccnc2)c(Cc2ccc3[nH]ccc3c2)c1. The van der Waals surface area contributed by atoms with Gasteiger partial charge in [0.15, 0.2) is 0 Å². The molecule has 0 bridgehead atoms. The van der Waals surface area contributed by atoms with Crippen LogP contribution in [0.1, 0.15) is 16.7 Å². The van der Waals surface area contributed by atoms with Gasteiger partial charge < -0.3 is 9.55 Å². The zero-order chi connectivity index (χ0) is 14.8. The number of hydrogen-bond donors (Lipinski definition) is 1. The first-order chi connectivity index (χ1) is 10.9. The summed E-state index contributed by atoms with van der Waals surface area (Å²) in [6, 6.07) is 17.4. The molecule has 0 saturated carbocycles. The number of aromatic amines is 1. The lowest BCUT2D eigenvalue weighted by atomic mass is 9.99. The average molecular weight is 287 g/mol. The average Bonchev–Trinajstić information content (AvgIpc) is 3.20. The van der Waals surface area contributed by atoms with Gasteiger partial charge in [-0.2, -0.15) is 0 Å². The summed E-state index contributed by atoms with van der Waals surface area (Å²) in [5.41, 5.74) is 5.24. The minimum Gasteiger partial charge on any atom is -0.361 e. The van der Waals surface area contributed by atoms with Crippen molar-refractivity contribution in [3.8, 4) is 0 Å². The number of hydrogen-bond acceptors (Lipinski definition) is 1. The Kier molecular flexibility index (Phi) is 3.24. The van der Waals surface area contributed by atoms with E-state index < -0.39 is 0 Å². The first kappa shape index (κ1) is 12.9. The summed E-state index contributed by atoms with van der Waals surface area (Å²) in [7, 11) is 0. The van der Waals surface area contributed by atoms with E-state index in [1.807, 2.05) is 24.9 Å². The predicted molar refractivity (Wildman–Crippen MR) is 88.9 cm³/mol. The molecule has 3 nitrogen and oxygen atoms in total. The van der Waals surface area contributed by atoms with E-state index in [0.717, 1.165) is 13.0 Å². The first-order valence-electron chi connectivity index (χ1n) is 7.47. The van der Waals surface area contributed by atoms with Gasteiger partial charge in [0, 0.05) is 30.7 Å². The second-order valence-corrected chi connectivity index (χ2v) is 5.58. The second-order valence-electron chi connectivity index (χ2n) is 5.58. The molecule has 0 fully saturated rings. The summed E-state index contributed by atoms with van der Waals surface area (Å²) in [5.74, 6) is 0. The van der Waals surface area contributed by atoms with Gasteiger partial charge in [-0.3, -0.25) is 0 Å². The molecule has 2 heterocycles. The molecule has 0 amide bonds. The van der Waals surface area contributed by atoms with E-state index in [4.69, 9.17) is 0 Å². The fraction of sp³-hybridized carbons (Fsp3) is 0.105. The normalized spacial score (nSPS) is 11.1. The number of benzene rings is 2. The Morgan fingerprint density at radius 3 is 2.77 bits per heavy atom. The van der Waals surface area contributed by atoms with Gasteiger partial charge in [0.1, 0.15) is 0 Å². The molecular formula is C19H17N3. The van der Waals surface area contributed by atoms with Crippen LogP contribution in [0.25, 0.3) is 10.9 Å². The fourth-order valence-corrected chi connectivity index (χ4v) is 2.89. The van der Waals surface area contributed by atoms with Gasteiger partial charge in [0.2, 0.25) is 0 Å². The number of imidazole rings is 1. The van der Waals surface area contributed by atoms with E-state index in [0.29, 0.717) is 0 Å². The summed E-state index contributed by atoms with van der Waals surface area (Å²) in [5, 5.41) is 1.27. The summed E-state index contributed by atoms with van der Waals surface area (Å²) < 4.78 is 2.11. The maximum atomic E-state index is 4.12. The highest BCUT2D eigenvalue weighted by Crippen LogP contribution is 2.19. The Morgan fingerprint density at radius 2 is 1.91 bits per heavy atom. The predicted octanol–water partition coefficient (Wildman–Crippen LogP) is 4.00. The standard InChI is InChI=1S/C19H17N3/c1-2-4-18(13-22-10-9-20-14-22)16(3-1)11-15-5-6-19-17(12-15)7-8-21-19/h1-10,12,14,21H,11,13H2. The number of aromatic nitrogens is 3. The van der Waals surface area contributed by atoms with Crippen molar-refractivity contribution in [1.82, 2.24) is 14.5 Å². The zero-order valence-corrected chi connectivity index (χ0v) is 12.2. The highest BCUT2D eigenvalue weighted by atomic mass is 15.0. The maximum absolute atomic E-state index is 4.12. The Morgan fingerprint density at radius 1 is 1.00 bits per heavy atom. The molecule has 22 heavy (non-hydrogen) atoms. The third-order valence-electron chi connectivity index (χ3n) is 4.04. The van der Waals surface area contributed by atoms with Gasteiger partial charge in [-0.15, -0.1) is 0 Å². The minimum atomic E-state index is 0.864. The molecule has 0 aliphatic rings. The van der Waals surface area contributed by atoms with Crippen LogP contribution < -0.4 is 0 Å². The third kappa shape index (κ3) is 2.53. The highest BCUT2D eigenvalue weighted by molar-refractivity contribution is 5.80. The van der Waals surface area contributed by atoms with Gasteiger partial charge in [0.05, 0.1) is 6.33 Å². The van der Waals surface area contributed by atoms with Crippen molar-refractivity contribution in [2.24, 2.45) is 0 Å². The van der Waals surface area contributed by atoms with Crippen LogP contribution in [0.3, 0.4) is 0 Å². The molecule has 0 atom stereocenters. The summed E-state index contributed by atoms with van der Waals surface area (Å²) in [6.07, 6.45) is 8.63. The van der Waals surface area contributed by atoms with Crippen molar-refractivity contribution in [3.05, 3.63) is 90.1 Å². The van der Waals surface area contributed by atoms with Crippen LogP contribution in [-0.2, 0) is 13.0 Å². The van der Waals surface area contributed by atoms with Gasteiger partial charge in [0.25, 0.3) is 0 Å². The van der Waals surface area contributed by atoms with Crippen LogP contribution in [-0.4, -0.2) is 14.5 Å². The molecule has 0 aliphatic carbocycles. The Hall–Kier alpha value is -2.81. The molecule has 0 aliphatic heterocycles. The summed E-state index contributed by atoms with van der Waals surface area (Å²) >= 11 is 0. The van der Waals surface area contributed by atoms with Crippen LogP contribution in [0.5, 0.6) is 0 Å². The lowest BCUT2D eigenvalue weighted by Crippen LogP contribution is -2.01. The van der Waals surface area contributed by atoms with Gasteiger partial charge >= 0.3 is 0 Å². The van der Waals surface area contributed by atoms with Crippen molar-refractivity contribution in [2.75, 3.05) is 0 Å². The molecule has 4 aromatic rings. The van der Waals surface area contributed by atoms with E-state index in [-0.39, 0.29) is 0 Å². The molecule has 2 aromatic heterocycles. The van der Waals surface area contributed by atoms with Crippen LogP contribution >= 0.6 is 0 Å². The largest absolute Gasteiger partial charge is 0.361 e. The quantitative estimate of drug-likeness (QED) is 0.604. The summed E-state index contributed by atoms with van der Waals surface area (Å²) in [4.78, 5) is 7.36. The van der Waals surface area contributed by atoms with Crippen molar-refractivity contribution >= 4 is 10.9 Å². The van der Waals surface area contributed by atoms with Crippen molar-refractivity contribution < 1.29 is 0 Å². The van der Waals surface area contributed by atoms with Gasteiger partial charge in [-0.25, -0.2) is 4.98 Å². The van der Waals surface area contributed by atoms with E-state index in [9.17, 15) is 0 Å². The van der Waals surface area contributed by atoms with Gasteiger partial charge in [-0.05, 0) is 46.7 Å². The number of fused-ring (bicyclic) bond motifs is 1. The molecule has 0 unspecified atom stereocenters. The maximum Gasteiger partial charge on any atom is 0.0949 e. The number of nitrogens with one attached hydrogen (secondary N) is 1. The van der Waals surface area contributed by atoms with Crippen LogP contribution in [0, 0.1) is 0 Å². The van der Waals surface area contributed by atoms with Gasteiger partial charge in [-0.1, -0.05) is 30.3 Å². The smallest absolute Gasteiger partial charge is 0.0949 e. The Balaban J connectivity index is 1.64. The van der Waals surface area contributed by atoms with E-state index >= 15 is 0 Å². The minimum absolute atomic E-state index is 0.864. The monoisotopic (exact) mass is 287 g/mol. The van der Waals surface area contributed by atoms with Crippen molar-refractivity contribution in [2.45, 2.75) is 13.0 Å². The topological polar surface area (TPSA) is 33.6 Å². The molecule has 0 saturated heterocycles.